The van der Waals surface area contributed by atoms with Crippen LogP contribution in [0.3, 0.4) is 0 Å². The molecular formula is C6H8MgS. The molecule has 0 atom stereocenters. The quantitative estimate of drug-likeness (QED) is 0.400. The molecule has 0 spiro atoms. The minimum atomic E-state index is 0. The summed E-state index contributed by atoms with van der Waals surface area (Å²) < 4.78 is 0. The Labute approximate surface area is 70.9 Å². The molecule has 1 rings (SSSR count). The SMILES string of the molecule is Sc1ccccc1.[MgH2]. The number of hydrogen-bond donors (Lipinski definition) is 1. The molecule has 0 N–H and O–H groups in total. The van der Waals surface area contributed by atoms with Crippen LogP contribution in [0.1, 0.15) is 0 Å². The Bertz CT molecular complexity index is 138. The van der Waals surface area contributed by atoms with Crippen molar-refractivity contribution in [2.24, 2.45) is 0 Å². The average Bonchev–Trinajstić information content (AvgIpc) is 1.69. The Morgan fingerprint density at radius 3 is 1.75 bits per heavy atom. The van der Waals surface area contributed by atoms with Crippen molar-refractivity contribution in [2.45, 2.75) is 4.90 Å². The fraction of sp³-hybridized carbons (Fsp3) is 0. The van der Waals surface area contributed by atoms with Gasteiger partial charge in [-0.1, -0.05) is 18.2 Å². The standard InChI is InChI=1S/C6H6S.Mg.2H/c7-6-4-2-1-3-5-6;;;/h1-5,7H;;;. The summed E-state index contributed by atoms with van der Waals surface area (Å²) in [6.07, 6.45) is 0. The zero-order valence-corrected chi connectivity index (χ0v) is 4.73. The monoisotopic (exact) mass is 136 g/mol. The van der Waals surface area contributed by atoms with Crippen LogP contribution in [0, 0.1) is 0 Å². The molecule has 2 heteroatoms. The molecule has 0 unspecified atom stereocenters. The zero-order valence-electron chi connectivity index (χ0n) is 3.83. The third-order valence-corrected chi connectivity index (χ3v) is 1.05. The molecule has 0 heterocycles. The molecule has 0 nitrogen and oxygen atoms in total. The lowest BCUT2D eigenvalue weighted by Crippen LogP contribution is -1.56. The second-order valence-electron chi connectivity index (χ2n) is 1.34. The maximum absolute atomic E-state index is 4.08. The fourth-order valence-electron chi connectivity index (χ4n) is 0.428. The van der Waals surface area contributed by atoms with E-state index in [2.05, 4.69) is 12.6 Å². The van der Waals surface area contributed by atoms with Gasteiger partial charge in [0.2, 0.25) is 0 Å². The van der Waals surface area contributed by atoms with Crippen LogP contribution >= 0.6 is 12.6 Å². The van der Waals surface area contributed by atoms with E-state index in [-0.39, 0.29) is 23.1 Å². The first-order valence-corrected chi connectivity index (χ1v) is 2.58. The highest BCUT2D eigenvalue weighted by Crippen LogP contribution is 2.00. The molecule has 0 radical (unpaired) electrons. The molecule has 1 aromatic carbocycles. The lowest BCUT2D eigenvalue weighted by molar-refractivity contribution is 1.48. The number of hydrogen-bond acceptors (Lipinski definition) is 1. The second kappa shape index (κ2) is 4.24. The van der Waals surface area contributed by atoms with Gasteiger partial charge >= 0.3 is 23.1 Å². The molecule has 0 saturated carbocycles. The highest BCUT2D eigenvalue weighted by Gasteiger charge is 1.73. The fourth-order valence-corrected chi connectivity index (χ4v) is 0.600. The van der Waals surface area contributed by atoms with E-state index in [1.54, 1.807) is 0 Å². The molecule has 0 fully saturated rings. The minimum Gasteiger partial charge on any atom is -0.143 e. The van der Waals surface area contributed by atoms with E-state index >= 15 is 0 Å². The van der Waals surface area contributed by atoms with Crippen molar-refractivity contribution in [1.82, 2.24) is 0 Å². The Morgan fingerprint density at radius 2 is 1.50 bits per heavy atom. The van der Waals surface area contributed by atoms with Gasteiger partial charge in [0, 0.05) is 4.90 Å². The maximum Gasteiger partial charge on any atom is 0.316 e. The third-order valence-electron chi connectivity index (χ3n) is 0.756. The highest BCUT2D eigenvalue weighted by molar-refractivity contribution is 7.80. The molecule has 0 aliphatic rings. The normalized spacial score (nSPS) is 7.62. The molecule has 0 amide bonds. The van der Waals surface area contributed by atoms with Crippen molar-refractivity contribution in [2.75, 3.05) is 0 Å². The molecule has 0 aromatic heterocycles. The first-order chi connectivity index (χ1) is 3.39. The van der Waals surface area contributed by atoms with Gasteiger partial charge in [-0.2, -0.15) is 0 Å². The first kappa shape index (κ1) is 8.34. The molecule has 0 saturated heterocycles. The van der Waals surface area contributed by atoms with Gasteiger partial charge in [0.1, 0.15) is 0 Å². The van der Waals surface area contributed by atoms with Crippen LogP contribution < -0.4 is 0 Å². The van der Waals surface area contributed by atoms with E-state index in [9.17, 15) is 0 Å². The molecule has 0 aliphatic heterocycles. The molecular weight excluding hydrogens is 128 g/mol. The van der Waals surface area contributed by atoms with Crippen molar-refractivity contribution in [3.63, 3.8) is 0 Å². The first-order valence-electron chi connectivity index (χ1n) is 2.13. The van der Waals surface area contributed by atoms with Crippen molar-refractivity contribution >= 4 is 35.7 Å². The third kappa shape index (κ3) is 2.60. The van der Waals surface area contributed by atoms with Crippen molar-refractivity contribution in [3.8, 4) is 0 Å². The smallest absolute Gasteiger partial charge is 0.143 e. The average molecular weight is 137 g/mol. The van der Waals surface area contributed by atoms with Crippen molar-refractivity contribution in [3.05, 3.63) is 30.3 Å². The van der Waals surface area contributed by atoms with Crippen LogP contribution in [0.2, 0.25) is 0 Å². The Hall–Kier alpha value is 0.336. The van der Waals surface area contributed by atoms with Crippen LogP contribution in [0.15, 0.2) is 35.2 Å². The summed E-state index contributed by atoms with van der Waals surface area (Å²) in [5.41, 5.74) is 0. The van der Waals surface area contributed by atoms with E-state index in [1.807, 2.05) is 30.3 Å². The lowest BCUT2D eigenvalue weighted by atomic mass is 10.4. The van der Waals surface area contributed by atoms with Crippen molar-refractivity contribution in [1.29, 1.82) is 0 Å². The Morgan fingerprint density at radius 1 is 1.00 bits per heavy atom. The predicted molar refractivity (Wildman–Crippen MR) is 42.2 cm³/mol. The summed E-state index contributed by atoms with van der Waals surface area (Å²) in [6.45, 7) is 0. The van der Waals surface area contributed by atoms with Crippen LogP contribution in [0.25, 0.3) is 0 Å². The van der Waals surface area contributed by atoms with Gasteiger partial charge in [-0.05, 0) is 12.1 Å². The number of benzene rings is 1. The highest BCUT2D eigenvalue weighted by atomic mass is 32.1. The Balaban J connectivity index is 0.000000490. The number of thiol groups is 1. The van der Waals surface area contributed by atoms with E-state index in [0.29, 0.717) is 0 Å². The predicted octanol–water partition coefficient (Wildman–Crippen LogP) is 1.06. The summed E-state index contributed by atoms with van der Waals surface area (Å²) in [5.74, 6) is 0. The van der Waals surface area contributed by atoms with E-state index < -0.39 is 0 Å². The summed E-state index contributed by atoms with van der Waals surface area (Å²) in [5, 5.41) is 0. The van der Waals surface area contributed by atoms with Crippen molar-refractivity contribution < 1.29 is 0 Å². The van der Waals surface area contributed by atoms with E-state index in [0.717, 1.165) is 4.90 Å². The van der Waals surface area contributed by atoms with Crippen LogP contribution in [-0.2, 0) is 0 Å². The zero-order chi connectivity index (χ0) is 5.11. The van der Waals surface area contributed by atoms with E-state index in [4.69, 9.17) is 0 Å². The molecule has 8 heavy (non-hydrogen) atoms. The van der Waals surface area contributed by atoms with Gasteiger partial charge in [-0.15, -0.1) is 12.6 Å². The van der Waals surface area contributed by atoms with E-state index in [1.165, 1.54) is 0 Å². The van der Waals surface area contributed by atoms with Crippen LogP contribution in [0.4, 0.5) is 0 Å². The van der Waals surface area contributed by atoms with Gasteiger partial charge in [-0.25, -0.2) is 0 Å². The summed E-state index contributed by atoms with van der Waals surface area (Å²) >= 11 is 4.08. The van der Waals surface area contributed by atoms with Gasteiger partial charge in [-0.3, -0.25) is 0 Å². The molecule has 40 valence electrons. The van der Waals surface area contributed by atoms with Gasteiger partial charge in [0.25, 0.3) is 0 Å². The summed E-state index contributed by atoms with van der Waals surface area (Å²) in [7, 11) is 0. The molecule has 1 aromatic rings. The van der Waals surface area contributed by atoms with Crippen LogP contribution in [-0.4, -0.2) is 23.1 Å². The second-order valence-corrected chi connectivity index (χ2v) is 1.85. The number of rotatable bonds is 0. The van der Waals surface area contributed by atoms with Gasteiger partial charge in [0.15, 0.2) is 0 Å². The largest absolute Gasteiger partial charge is 0.316 e. The maximum atomic E-state index is 4.08. The van der Waals surface area contributed by atoms with Gasteiger partial charge < -0.3 is 0 Å². The molecule has 0 aliphatic carbocycles. The minimum absolute atomic E-state index is 0. The molecule has 0 bridgehead atoms. The topological polar surface area (TPSA) is 0 Å². The van der Waals surface area contributed by atoms with Gasteiger partial charge in [0.05, 0.1) is 0 Å². The Kier molecular flexibility index (Phi) is 4.42. The summed E-state index contributed by atoms with van der Waals surface area (Å²) in [4.78, 5) is 1.02. The van der Waals surface area contributed by atoms with Crippen LogP contribution in [0.5, 0.6) is 0 Å². The summed E-state index contributed by atoms with van der Waals surface area (Å²) in [6, 6.07) is 9.79. The lowest BCUT2D eigenvalue weighted by Gasteiger charge is -1.81.